The first-order chi connectivity index (χ1) is 15.6. The Morgan fingerprint density at radius 1 is 1.09 bits per heavy atom. The molecular formula is C24H19BrN2O3S2. The molecule has 0 bridgehead atoms. The normalized spacial score (nSPS) is 14.5. The molecule has 0 unspecified atom stereocenters. The molecule has 5 nitrogen and oxygen atoms in total. The van der Waals surface area contributed by atoms with Gasteiger partial charge in [0.2, 0.25) is 0 Å². The van der Waals surface area contributed by atoms with Gasteiger partial charge >= 0.3 is 0 Å². The van der Waals surface area contributed by atoms with Crippen molar-refractivity contribution in [1.29, 1.82) is 0 Å². The summed E-state index contributed by atoms with van der Waals surface area (Å²) in [6, 6.07) is 19.3. The minimum absolute atomic E-state index is 0.201. The van der Waals surface area contributed by atoms with Crippen LogP contribution in [0.4, 0.5) is 0 Å². The molecule has 32 heavy (non-hydrogen) atoms. The first-order valence-corrected chi connectivity index (χ1v) is 11.9. The minimum Gasteiger partial charge on any atom is -0.493 e. The molecule has 3 aromatic rings. The van der Waals surface area contributed by atoms with E-state index in [1.165, 1.54) is 11.8 Å². The van der Waals surface area contributed by atoms with E-state index in [0.29, 0.717) is 40.4 Å². The van der Waals surface area contributed by atoms with Gasteiger partial charge in [-0.1, -0.05) is 64.2 Å². The maximum absolute atomic E-state index is 12.1. The van der Waals surface area contributed by atoms with Gasteiger partial charge in [0.05, 0.1) is 11.5 Å². The molecule has 0 radical (unpaired) electrons. The van der Waals surface area contributed by atoms with Crippen LogP contribution < -0.4 is 14.8 Å². The highest BCUT2D eigenvalue weighted by Gasteiger charge is 2.22. The van der Waals surface area contributed by atoms with E-state index in [1.54, 1.807) is 12.3 Å². The van der Waals surface area contributed by atoms with Crippen LogP contribution in [0.2, 0.25) is 0 Å². The number of carbonyl (C=O) groups excluding carboxylic acids is 1. The molecule has 1 saturated heterocycles. The Bertz CT molecular complexity index is 1170. The highest BCUT2D eigenvalue weighted by Crippen LogP contribution is 2.32. The molecule has 0 spiro atoms. The lowest BCUT2D eigenvalue weighted by Crippen LogP contribution is -2.17. The van der Waals surface area contributed by atoms with Gasteiger partial charge in [-0.05, 0) is 36.4 Å². The van der Waals surface area contributed by atoms with Crippen molar-refractivity contribution >= 4 is 56.2 Å². The molecule has 0 saturated carbocycles. The zero-order valence-corrected chi connectivity index (χ0v) is 20.1. The predicted molar refractivity (Wildman–Crippen MR) is 135 cm³/mol. The molecular weight excluding hydrogens is 508 g/mol. The zero-order chi connectivity index (χ0) is 22.3. The fourth-order valence-electron chi connectivity index (χ4n) is 3.00. The quantitative estimate of drug-likeness (QED) is 0.307. The third kappa shape index (κ3) is 5.97. The Labute approximate surface area is 204 Å². The topological polar surface area (TPSA) is 60.5 Å². The third-order valence-electron chi connectivity index (χ3n) is 4.61. The fourth-order valence-corrected chi connectivity index (χ4v) is 4.44. The molecule has 2 heterocycles. The number of halogens is 1. The second-order valence-corrected chi connectivity index (χ2v) is 9.42. The van der Waals surface area contributed by atoms with E-state index in [0.717, 1.165) is 21.3 Å². The van der Waals surface area contributed by atoms with E-state index in [9.17, 15) is 4.79 Å². The van der Waals surface area contributed by atoms with Gasteiger partial charge in [0.15, 0.2) is 0 Å². The summed E-state index contributed by atoms with van der Waals surface area (Å²) in [4.78, 5) is 16.9. The van der Waals surface area contributed by atoms with Gasteiger partial charge in [0.1, 0.15) is 22.4 Å². The van der Waals surface area contributed by atoms with Gasteiger partial charge in [-0.25, -0.2) is 0 Å². The van der Waals surface area contributed by atoms with Crippen LogP contribution in [0, 0.1) is 0 Å². The lowest BCUT2D eigenvalue weighted by molar-refractivity contribution is -0.115. The molecule has 1 fully saturated rings. The van der Waals surface area contributed by atoms with E-state index < -0.39 is 0 Å². The number of benzene rings is 2. The third-order valence-corrected chi connectivity index (χ3v) is 6.54. The van der Waals surface area contributed by atoms with Gasteiger partial charge in [-0.2, -0.15) is 0 Å². The maximum atomic E-state index is 12.1. The Morgan fingerprint density at radius 3 is 2.69 bits per heavy atom. The minimum atomic E-state index is -0.201. The average molecular weight is 527 g/mol. The Kier molecular flexibility index (Phi) is 7.57. The standard InChI is InChI=1S/C24H19BrN2O3S2/c25-20-7-2-1-5-17(20)15-30-21-14-19(29-12-10-18-6-3-4-11-26-18)9-8-16(21)13-22-23(28)27-24(31)32-22/h1-9,11,13-14H,10,12,15H2,(H,27,28,31). The molecule has 2 aromatic carbocycles. The molecule has 1 aromatic heterocycles. The van der Waals surface area contributed by atoms with Crippen LogP contribution in [0.3, 0.4) is 0 Å². The molecule has 1 N–H and O–H groups in total. The summed E-state index contributed by atoms with van der Waals surface area (Å²) in [6.07, 6.45) is 4.26. The smallest absolute Gasteiger partial charge is 0.263 e. The highest BCUT2D eigenvalue weighted by atomic mass is 79.9. The summed E-state index contributed by atoms with van der Waals surface area (Å²) in [5.41, 5.74) is 2.76. The Morgan fingerprint density at radius 2 is 1.94 bits per heavy atom. The predicted octanol–water partition coefficient (Wildman–Crippen LogP) is 5.53. The molecule has 1 aliphatic rings. The number of nitrogens with one attached hydrogen (secondary N) is 1. The molecule has 1 aliphatic heterocycles. The lowest BCUT2D eigenvalue weighted by atomic mass is 10.1. The molecule has 162 valence electrons. The van der Waals surface area contributed by atoms with E-state index >= 15 is 0 Å². The lowest BCUT2D eigenvalue weighted by Gasteiger charge is -2.13. The second kappa shape index (κ2) is 10.8. The fraction of sp³-hybridized carbons (Fsp3) is 0.125. The number of aromatic nitrogens is 1. The highest BCUT2D eigenvalue weighted by molar-refractivity contribution is 9.10. The second-order valence-electron chi connectivity index (χ2n) is 6.85. The zero-order valence-electron chi connectivity index (χ0n) is 16.9. The summed E-state index contributed by atoms with van der Waals surface area (Å²) in [7, 11) is 0. The van der Waals surface area contributed by atoms with Crippen molar-refractivity contribution in [2.45, 2.75) is 13.0 Å². The van der Waals surface area contributed by atoms with Crippen LogP contribution in [-0.2, 0) is 17.8 Å². The Balaban J connectivity index is 1.53. The van der Waals surface area contributed by atoms with Crippen LogP contribution in [0.1, 0.15) is 16.8 Å². The number of thiocarbonyl (C=S) groups is 1. The van der Waals surface area contributed by atoms with Crippen molar-refractivity contribution in [1.82, 2.24) is 10.3 Å². The van der Waals surface area contributed by atoms with Gasteiger partial charge in [0.25, 0.3) is 5.91 Å². The van der Waals surface area contributed by atoms with E-state index in [4.69, 9.17) is 21.7 Å². The average Bonchev–Trinajstić information content (AvgIpc) is 3.11. The van der Waals surface area contributed by atoms with Gasteiger partial charge in [-0.15, -0.1) is 0 Å². The van der Waals surface area contributed by atoms with E-state index in [2.05, 4.69) is 26.2 Å². The molecule has 0 atom stereocenters. The summed E-state index contributed by atoms with van der Waals surface area (Å²) in [5.74, 6) is 1.10. The van der Waals surface area contributed by atoms with Crippen LogP contribution in [0.15, 0.2) is 76.2 Å². The van der Waals surface area contributed by atoms with Crippen LogP contribution in [0.25, 0.3) is 6.08 Å². The molecule has 1 amide bonds. The summed E-state index contributed by atoms with van der Waals surface area (Å²) < 4.78 is 13.5. The van der Waals surface area contributed by atoms with Crippen molar-refractivity contribution in [2.24, 2.45) is 0 Å². The number of ether oxygens (including phenoxy) is 2. The van der Waals surface area contributed by atoms with Crippen LogP contribution in [0.5, 0.6) is 11.5 Å². The first kappa shape index (κ1) is 22.5. The largest absolute Gasteiger partial charge is 0.493 e. The number of rotatable bonds is 8. The summed E-state index contributed by atoms with van der Waals surface area (Å²) in [5, 5.41) is 2.64. The monoisotopic (exact) mass is 526 g/mol. The number of hydrogen-bond donors (Lipinski definition) is 1. The maximum Gasteiger partial charge on any atom is 0.263 e. The van der Waals surface area contributed by atoms with E-state index in [-0.39, 0.29) is 5.91 Å². The SMILES string of the molecule is O=C1NC(=S)SC1=Cc1ccc(OCCc2ccccn2)cc1OCc1ccccc1Br. The summed E-state index contributed by atoms with van der Waals surface area (Å²) >= 11 is 9.88. The van der Waals surface area contributed by atoms with Crippen molar-refractivity contribution in [3.63, 3.8) is 0 Å². The van der Waals surface area contributed by atoms with E-state index in [1.807, 2.05) is 60.7 Å². The first-order valence-electron chi connectivity index (χ1n) is 9.86. The van der Waals surface area contributed by atoms with Crippen molar-refractivity contribution in [3.8, 4) is 11.5 Å². The van der Waals surface area contributed by atoms with Crippen molar-refractivity contribution in [2.75, 3.05) is 6.61 Å². The number of pyridine rings is 1. The van der Waals surface area contributed by atoms with Crippen molar-refractivity contribution < 1.29 is 14.3 Å². The van der Waals surface area contributed by atoms with Gasteiger partial charge in [-0.3, -0.25) is 9.78 Å². The van der Waals surface area contributed by atoms with Gasteiger partial charge in [0, 0.05) is 40.0 Å². The molecule has 0 aliphatic carbocycles. The van der Waals surface area contributed by atoms with Crippen LogP contribution >= 0.6 is 39.9 Å². The number of nitrogens with zero attached hydrogens (tertiary/aromatic N) is 1. The molecule has 4 rings (SSSR count). The number of carbonyl (C=O) groups is 1. The number of amides is 1. The van der Waals surface area contributed by atoms with Crippen LogP contribution in [-0.4, -0.2) is 21.8 Å². The number of hydrogen-bond acceptors (Lipinski definition) is 6. The number of thioether (sulfide) groups is 1. The van der Waals surface area contributed by atoms with Gasteiger partial charge < -0.3 is 14.8 Å². The molecule has 8 heteroatoms. The Hall–Kier alpha value is -2.68. The van der Waals surface area contributed by atoms with Crippen molar-refractivity contribution in [3.05, 3.63) is 93.1 Å². The summed E-state index contributed by atoms with van der Waals surface area (Å²) in [6.45, 7) is 0.861.